The van der Waals surface area contributed by atoms with Gasteiger partial charge in [0.25, 0.3) is 0 Å². The van der Waals surface area contributed by atoms with Gasteiger partial charge in [0, 0.05) is 6.04 Å². The second kappa shape index (κ2) is 7.45. The van der Waals surface area contributed by atoms with Crippen molar-refractivity contribution < 1.29 is 0 Å². The molecule has 1 atom stereocenters. The van der Waals surface area contributed by atoms with Crippen LogP contribution in [0.15, 0.2) is 24.3 Å². The lowest BCUT2D eigenvalue weighted by Gasteiger charge is -2.27. The van der Waals surface area contributed by atoms with Crippen LogP contribution in [0.4, 0.5) is 0 Å². The third kappa shape index (κ3) is 3.88. The molecule has 0 aliphatic heterocycles. The van der Waals surface area contributed by atoms with Crippen molar-refractivity contribution in [2.45, 2.75) is 76.7 Å². The Morgan fingerprint density at radius 1 is 1.00 bits per heavy atom. The van der Waals surface area contributed by atoms with E-state index in [0.29, 0.717) is 6.04 Å². The number of rotatable bonds is 7. The van der Waals surface area contributed by atoms with Crippen LogP contribution in [0.3, 0.4) is 0 Å². The Hall–Kier alpha value is -0.820. The molecule has 2 fully saturated rings. The minimum absolute atomic E-state index is 0.573. The monoisotopic (exact) mass is 285 g/mol. The maximum atomic E-state index is 3.79. The predicted octanol–water partition coefficient (Wildman–Crippen LogP) is 5.58. The van der Waals surface area contributed by atoms with Crippen molar-refractivity contribution in [1.82, 2.24) is 5.32 Å². The third-order valence-corrected chi connectivity index (χ3v) is 5.60. The summed E-state index contributed by atoms with van der Waals surface area (Å²) in [6.07, 6.45) is 12.6. The smallest absolute Gasteiger partial charge is 0.0322 e. The van der Waals surface area contributed by atoms with Crippen LogP contribution in [0.25, 0.3) is 0 Å². The highest BCUT2D eigenvalue weighted by Gasteiger charge is 2.22. The number of hydrogen-bond donors (Lipinski definition) is 1. The zero-order valence-corrected chi connectivity index (χ0v) is 13.6. The van der Waals surface area contributed by atoms with Gasteiger partial charge in [-0.1, -0.05) is 63.3 Å². The Bertz CT molecular complexity index is 412. The van der Waals surface area contributed by atoms with Crippen molar-refractivity contribution >= 4 is 0 Å². The molecule has 2 aliphatic rings. The lowest BCUT2D eigenvalue weighted by Crippen LogP contribution is -2.24. The van der Waals surface area contributed by atoms with Gasteiger partial charge >= 0.3 is 0 Å². The maximum absolute atomic E-state index is 3.79. The number of nitrogens with one attached hydrogen (secondary N) is 1. The molecule has 0 saturated heterocycles. The molecule has 0 bridgehead atoms. The van der Waals surface area contributed by atoms with Crippen LogP contribution >= 0.6 is 0 Å². The molecule has 1 heteroatoms. The van der Waals surface area contributed by atoms with E-state index >= 15 is 0 Å². The van der Waals surface area contributed by atoms with E-state index in [1.807, 2.05) is 0 Å². The average molecular weight is 285 g/mol. The second-order valence-corrected chi connectivity index (χ2v) is 7.19. The predicted molar refractivity (Wildman–Crippen MR) is 90.6 cm³/mol. The van der Waals surface area contributed by atoms with E-state index in [-0.39, 0.29) is 0 Å². The van der Waals surface area contributed by atoms with Gasteiger partial charge in [-0.2, -0.15) is 0 Å². The van der Waals surface area contributed by atoms with Gasteiger partial charge in [0.05, 0.1) is 0 Å². The summed E-state index contributed by atoms with van der Waals surface area (Å²) in [6, 6.07) is 10.2. The first-order chi connectivity index (χ1) is 10.4. The molecular formula is C20H31N. The van der Waals surface area contributed by atoms with Crippen molar-refractivity contribution in [3.63, 3.8) is 0 Å². The fraction of sp³-hybridized carbons (Fsp3) is 0.700. The van der Waals surface area contributed by atoms with Gasteiger partial charge in [0.15, 0.2) is 0 Å². The normalized spacial score (nSPS) is 21.4. The molecule has 0 heterocycles. The Morgan fingerprint density at radius 3 is 2.29 bits per heavy atom. The van der Waals surface area contributed by atoms with E-state index in [1.165, 1.54) is 63.4 Å². The second-order valence-electron chi connectivity index (χ2n) is 7.19. The van der Waals surface area contributed by atoms with Crippen LogP contribution in [0.2, 0.25) is 0 Å². The molecule has 0 amide bonds. The molecule has 0 spiro atoms. The summed E-state index contributed by atoms with van der Waals surface area (Å²) in [5.41, 5.74) is 3.08. The van der Waals surface area contributed by atoms with Crippen LogP contribution in [-0.2, 0) is 0 Å². The van der Waals surface area contributed by atoms with E-state index in [9.17, 15) is 0 Å². The van der Waals surface area contributed by atoms with Crippen molar-refractivity contribution in [3.05, 3.63) is 35.4 Å². The Morgan fingerprint density at radius 2 is 1.71 bits per heavy atom. The van der Waals surface area contributed by atoms with E-state index < -0.39 is 0 Å². The summed E-state index contributed by atoms with van der Waals surface area (Å²) in [4.78, 5) is 0. The van der Waals surface area contributed by atoms with E-state index in [4.69, 9.17) is 0 Å². The zero-order chi connectivity index (χ0) is 14.5. The fourth-order valence-electron chi connectivity index (χ4n) is 3.98. The molecular weight excluding hydrogens is 254 g/mol. The SMILES string of the molecule is CCCNC(CC1CCCC1)c1ccc(C2CCC2)cc1. The van der Waals surface area contributed by atoms with E-state index in [1.54, 1.807) is 5.56 Å². The fourth-order valence-corrected chi connectivity index (χ4v) is 3.98. The molecule has 2 aliphatic carbocycles. The van der Waals surface area contributed by atoms with Crippen LogP contribution < -0.4 is 5.32 Å². The molecule has 21 heavy (non-hydrogen) atoms. The number of hydrogen-bond acceptors (Lipinski definition) is 1. The highest BCUT2D eigenvalue weighted by molar-refractivity contribution is 5.28. The van der Waals surface area contributed by atoms with Gasteiger partial charge in [-0.25, -0.2) is 0 Å². The van der Waals surface area contributed by atoms with Gasteiger partial charge in [-0.05, 0) is 55.2 Å². The lowest BCUT2D eigenvalue weighted by atomic mass is 9.79. The Labute approximate surface area is 130 Å². The van der Waals surface area contributed by atoms with Crippen LogP contribution in [-0.4, -0.2) is 6.54 Å². The molecule has 1 aromatic rings. The van der Waals surface area contributed by atoms with Gasteiger partial charge in [0.2, 0.25) is 0 Å². The highest BCUT2D eigenvalue weighted by Crippen LogP contribution is 2.37. The third-order valence-electron chi connectivity index (χ3n) is 5.60. The van der Waals surface area contributed by atoms with Crippen LogP contribution in [0.5, 0.6) is 0 Å². The first-order valence-electron chi connectivity index (χ1n) is 9.20. The molecule has 3 rings (SSSR count). The molecule has 1 unspecified atom stereocenters. The van der Waals surface area contributed by atoms with Gasteiger partial charge in [-0.15, -0.1) is 0 Å². The molecule has 2 saturated carbocycles. The van der Waals surface area contributed by atoms with Crippen molar-refractivity contribution in [1.29, 1.82) is 0 Å². The lowest BCUT2D eigenvalue weighted by molar-refractivity contribution is 0.394. The summed E-state index contributed by atoms with van der Waals surface area (Å²) in [5.74, 6) is 1.81. The minimum atomic E-state index is 0.573. The first-order valence-corrected chi connectivity index (χ1v) is 9.20. The standard InChI is InChI=1S/C20H31N/c1-2-14-21-20(15-16-6-3-4-7-16)19-12-10-18(11-13-19)17-8-5-9-17/h10-13,16-17,20-21H,2-9,14-15H2,1H3. The summed E-state index contributed by atoms with van der Waals surface area (Å²) in [6.45, 7) is 3.40. The zero-order valence-electron chi connectivity index (χ0n) is 13.6. The molecule has 0 aromatic heterocycles. The minimum Gasteiger partial charge on any atom is -0.310 e. The Kier molecular flexibility index (Phi) is 5.35. The van der Waals surface area contributed by atoms with Crippen molar-refractivity contribution in [3.8, 4) is 0 Å². The topological polar surface area (TPSA) is 12.0 Å². The van der Waals surface area contributed by atoms with E-state index in [2.05, 4.69) is 36.5 Å². The van der Waals surface area contributed by atoms with Gasteiger partial charge < -0.3 is 5.32 Å². The average Bonchev–Trinajstić information content (AvgIpc) is 2.95. The van der Waals surface area contributed by atoms with Crippen molar-refractivity contribution in [2.24, 2.45) is 5.92 Å². The molecule has 1 aromatic carbocycles. The highest BCUT2D eigenvalue weighted by atomic mass is 14.9. The largest absolute Gasteiger partial charge is 0.310 e. The van der Waals surface area contributed by atoms with Gasteiger partial charge in [0.1, 0.15) is 0 Å². The summed E-state index contributed by atoms with van der Waals surface area (Å²) < 4.78 is 0. The summed E-state index contributed by atoms with van der Waals surface area (Å²) in [7, 11) is 0. The maximum Gasteiger partial charge on any atom is 0.0322 e. The molecule has 0 radical (unpaired) electrons. The first kappa shape index (κ1) is 15.1. The van der Waals surface area contributed by atoms with Crippen LogP contribution in [0.1, 0.15) is 87.8 Å². The quantitative estimate of drug-likeness (QED) is 0.690. The summed E-state index contributed by atoms with van der Waals surface area (Å²) in [5, 5.41) is 3.79. The van der Waals surface area contributed by atoms with Crippen LogP contribution in [0, 0.1) is 5.92 Å². The molecule has 1 N–H and O–H groups in total. The molecule has 1 nitrogen and oxygen atoms in total. The molecule has 116 valence electrons. The Balaban J connectivity index is 1.65. The van der Waals surface area contributed by atoms with Crippen molar-refractivity contribution in [2.75, 3.05) is 6.54 Å². The number of benzene rings is 1. The summed E-state index contributed by atoms with van der Waals surface area (Å²) >= 11 is 0. The van der Waals surface area contributed by atoms with E-state index in [0.717, 1.165) is 18.4 Å². The van der Waals surface area contributed by atoms with Gasteiger partial charge in [-0.3, -0.25) is 0 Å².